The van der Waals surface area contributed by atoms with Gasteiger partial charge in [-0.3, -0.25) is 4.79 Å². The Morgan fingerprint density at radius 3 is 2.80 bits per heavy atom. The maximum atomic E-state index is 11.8. The number of carbonyl (C=O) groups excluding carboxylic acids is 1. The van der Waals surface area contributed by atoms with Crippen LogP contribution in [0.1, 0.15) is 35.2 Å². The Morgan fingerprint density at radius 1 is 1.60 bits per heavy atom. The van der Waals surface area contributed by atoms with Crippen LogP contribution in [-0.2, 0) is 0 Å². The molecule has 0 spiro atoms. The van der Waals surface area contributed by atoms with E-state index in [1.165, 1.54) is 6.42 Å². The summed E-state index contributed by atoms with van der Waals surface area (Å²) in [5.74, 6) is 0.00507. The maximum Gasteiger partial charge on any atom is 0.252 e. The van der Waals surface area contributed by atoms with Gasteiger partial charge in [0, 0.05) is 17.5 Å². The molecule has 0 atom stereocenters. The Hall–Kier alpha value is -0.870. The maximum absolute atomic E-state index is 11.8. The number of nitrogens with one attached hydrogen (secondary N) is 1. The Labute approximate surface area is 93.7 Å². The van der Waals surface area contributed by atoms with Gasteiger partial charge in [-0.1, -0.05) is 0 Å². The third-order valence-electron chi connectivity index (χ3n) is 3.05. The van der Waals surface area contributed by atoms with Gasteiger partial charge in [0.05, 0.1) is 5.56 Å². The highest BCUT2D eigenvalue weighted by Gasteiger charge is 2.32. The Kier molecular flexibility index (Phi) is 2.80. The molecule has 1 aromatic heterocycles. The van der Waals surface area contributed by atoms with E-state index in [9.17, 15) is 4.79 Å². The summed E-state index contributed by atoms with van der Waals surface area (Å²) in [4.78, 5) is 11.8. The molecule has 1 heterocycles. The van der Waals surface area contributed by atoms with E-state index < -0.39 is 0 Å². The van der Waals surface area contributed by atoms with Crippen molar-refractivity contribution < 1.29 is 4.79 Å². The fourth-order valence-electron chi connectivity index (χ4n) is 1.75. The van der Waals surface area contributed by atoms with Crippen LogP contribution in [0.4, 0.5) is 0 Å². The van der Waals surface area contributed by atoms with E-state index in [0.717, 1.165) is 24.0 Å². The lowest BCUT2D eigenvalue weighted by Crippen LogP contribution is -2.54. The van der Waals surface area contributed by atoms with Gasteiger partial charge in [-0.05, 0) is 37.1 Å². The molecule has 15 heavy (non-hydrogen) atoms. The molecule has 2 rings (SSSR count). The fourth-order valence-corrected chi connectivity index (χ4v) is 2.58. The first-order valence-corrected chi connectivity index (χ1v) is 6.15. The Morgan fingerprint density at radius 2 is 2.33 bits per heavy atom. The zero-order valence-corrected chi connectivity index (χ0v) is 9.69. The van der Waals surface area contributed by atoms with Crippen LogP contribution < -0.4 is 11.1 Å². The number of hydrogen-bond acceptors (Lipinski definition) is 3. The second-order valence-corrected chi connectivity index (χ2v) is 5.11. The molecule has 1 saturated carbocycles. The van der Waals surface area contributed by atoms with Crippen LogP contribution in [0.25, 0.3) is 0 Å². The van der Waals surface area contributed by atoms with Crippen molar-refractivity contribution >= 4 is 17.2 Å². The van der Waals surface area contributed by atoms with E-state index in [0.29, 0.717) is 6.54 Å². The Bertz CT molecular complexity index is 368. The van der Waals surface area contributed by atoms with Crippen LogP contribution in [-0.4, -0.2) is 18.0 Å². The lowest BCUT2D eigenvalue weighted by atomic mass is 9.78. The van der Waals surface area contributed by atoms with E-state index in [1.54, 1.807) is 11.3 Å². The van der Waals surface area contributed by atoms with Crippen molar-refractivity contribution in [2.45, 2.75) is 31.7 Å². The molecule has 3 N–H and O–H groups in total. The molecule has 0 radical (unpaired) electrons. The third kappa shape index (κ3) is 2.21. The summed E-state index contributed by atoms with van der Waals surface area (Å²) < 4.78 is 0. The first-order valence-electron chi connectivity index (χ1n) is 5.21. The predicted molar refractivity (Wildman–Crippen MR) is 62.2 cm³/mol. The van der Waals surface area contributed by atoms with Gasteiger partial charge in [-0.15, -0.1) is 0 Å². The molecule has 0 unspecified atom stereocenters. The molecule has 1 fully saturated rings. The average Bonchev–Trinajstić information content (AvgIpc) is 2.58. The number of nitrogens with two attached hydrogens (primary N) is 1. The first kappa shape index (κ1) is 10.6. The number of rotatable bonds is 3. The first-order chi connectivity index (χ1) is 7.11. The van der Waals surface area contributed by atoms with E-state index in [2.05, 4.69) is 5.32 Å². The molecule has 1 amide bonds. The zero-order valence-electron chi connectivity index (χ0n) is 8.88. The minimum absolute atomic E-state index is 0.00507. The largest absolute Gasteiger partial charge is 0.350 e. The number of carbonyl (C=O) groups is 1. The number of aryl methyl sites for hydroxylation is 1. The van der Waals surface area contributed by atoms with Crippen LogP contribution in [0.2, 0.25) is 0 Å². The second-order valence-electron chi connectivity index (χ2n) is 4.37. The summed E-state index contributed by atoms with van der Waals surface area (Å²) in [7, 11) is 0. The van der Waals surface area contributed by atoms with E-state index in [4.69, 9.17) is 5.73 Å². The molecule has 4 heteroatoms. The van der Waals surface area contributed by atoms with Crippen LogP contribution in [0.3, 0.4) is 0 Å². The van der Waals surface area contributed by atoms with E-state index >= 15 is 0 Å². The summed E-state index contributed by atoms with van der Waals surface area (Å²) in [5.41, 5.74) is 7.71. The minimum atomic E-state index is -0.139. The predicted octanol–water partition coefficient (Wildman–Crippen LogP) is 1.67. The number of amides is 1. The van der Waals surface area contributed by atoms with Crippen molar-refractivity contribution in [3.05, 3.63) is 21.9 Å². The van der Waals surface area contributed by atoms with Crippen LogP contribution in [0, 0.1) is 6.92 Å². The Balaban J connectivity index is 1.90. The average molecular weight is 224 g/mol. The highest BCUT2D eigenvalue weighted by Crippen LogP contribution is 2.28. The molecule has 0 aromatic carbocycles. The lowest BCUT2D eigenvalue weighted by Gasteiger charge is -2.38. The summed E-state index contributed by atoms with van der Waals surface area (Å²) in [6, 6.07) is 0. The number of thiophene rings is 1. The minimum Gasteiger partial charge on any atom is -0.350 e. The molecule has 0 aliphatic heterocycles. The quantitative estimate of drug-likeness (QED) is 0.820. The molecular formula is C11H16N2OS. The summed E-state index contributed by atoms with van der Waals surface area (Å²) in [5, 5.41) is 6.78. The summed E-state index contributed by atoms with van der Waals surface area (Å²) in [6.45, 7) is 2.55. The molecule has 1 aromatic rings. The molecule has 1 aliphatic carbocycles. The molecule has 0 saturated heterocycles. The van der Waals surface area contributed by atoms with Crippen molar-refractivity contribution in [3.8, 4) is 0 Å². The molecule has 3 nitrogen and oxygen atoms in total. The topological polar surface area (TPSA) is 55.1 Å². The highest BCUT2D eigenvalue weighted by atomic mass is 32.1. The van der Waals surface area contributed by atoms with Gasteiger partial charge in [-0.2, -0.15) is 11.3 Å². The van der Waals surface area contributed by atoms with E-state index in [-0.39, 0.29) is 11.4 Å². The summed E-state index contributed by atoms with van der Waals surface area (Å²) in [6.07, 6.45) is 3.23. The second kappa shape index (κ2) is 3.94. The smallest absolute Gasteiger partial charge is 0.252 e. The van der Waals surface area contributed by atoms with Gasteiger partial charge >= 0.3 is 0 Å². The SMILES string of the molecule is Cc1cscc1C(=O)NCC1(N)CCC1. The molecular weight excluding hydrogens is 208 g/mol. The van der Waals surface area contributed by atoms with Crippen molar-refractivity contribution in [1.82, 2.24) is 5.32 Å². The van der Waals surface area contributed by atoms with Crippen molar-refractivity contribution in [2.75, 3.05) is 6.54 Å². The van der Waals surface area contributed by atoms with E-state index in [1.807, 2.05) is 17.7 Å². The highest BCUT2D eigenvalue weighted by molar-refractivity contribution is 7.08. The van der Waals surface area contributed by atoms with Crippen LogP contribution in [0.5, 0.6) is 0 Å². The monoisotopic (exact) mass is 224 g/mol. The van der Waals surface area contributed by atoms with Gasteiger partial charge in [0.2, 0.25) is 0 Å². The van der Waals surface area contributed by atoms with Gasteiger partial charge in [0.1, 0.15) is 0 Å². The molecule has 0 bridgehead atoms. The normalized spacial score (nSPS) is 18.3. The lowest BCUT2D eigenvalue weighted by molar-refractivity contribution is 0.0929. The van der Waals surface area contributed by atoms with Gasteiger partial charge < -0.3 is 11.1 Å². The standard InChI is InChI=1S/C11H16N2OS/c1-8-5-15-6-9(8)10(14)13-7-11(12)3-2-4-11/h5-6H,2-4,7,12H2,1H3,(H,13,14). The fraction of sp³-hybridized carbons (Fsp3) is 0.545. The van der Waals surface area contributed by atoms with Gasteiger partial charge in [0.15, 0.2) is 0 Å². The third-order valence-corrected chi connectivity index (χ3v) is 3.91. The zero-order chi connectivity index (χ0) is 10.9. The van der Waals surface area contributed by atoms with Crippen LogP contribution in [0.15, 0.2) is 10.8 Å². The molecule has 82 valence electrons. The number of hydrogen-bond donors (Lipinski definition) is 2. The van der Waals surface area contributed by atoms with Gasteiger partial charge in [-0.25, -0.2) is 0 Å². The van der Waals surface area contributed by atoms with Crippen molar-refractivity contribution in [3.63, 3.8) is 0 Å². The van der Waals surface area contributed by atoms with Gasteiger partial charge in [0.25, 0.3) is 5.91 Å². The van der Waals surface area contributed by atoms with Crippen molar-refractivity contribution in [2.24, 2.45) is 5.73 Å². The van der Waals surface area contributed by atoms with Crippen molar-refractivity contribution in [1.29, 1.82) is 0 Å². The molecule has 1 aliphatic rings. The summed E-state index contributed by atoms with van der Waals surface area (Å²) >= 11 is 1.56. The van der Waals surface area contributed by atoms with Crippen LogP contribution >= 0.6 is 11.3 Å².